The molecule has 4 N–H and O–H groups in total. The lowest BCUT2D eigenvalue weighted by Gasteiger charge is -2.26. The van der Waals surface area contributed by atoms with Crippen LogP contribution in [0, 0.1) is 12.3 Å². The van der Waals surface area contributed by atoms with Gasteiger partial charge in [0.25, 0.3) is 5.91 Å². The number of sulfone groups is 1. The molecule has 0 saturated carbocycles. The zero-order chi connectivity index (χ0) is 27.3. The van der Waals surface area contributed by atoms with E-state index in [4.69, 9.17) is 15.9 Å². The Morgan fingerprint density at radius 2 is 1.88 bits per heavy atom. The first-order valence-electron chi connectivity index (χ1n) is 12.3. The summed E-state index contributed by atoms with van der Waals surface area (Å²) in [4.78, 5) is 15.9. The molecule has 0 spiro atoms. The summed E-state index contributed by atoms with van der Waals surface area (Å²) in [5.74, 6) is -0.316. The number of morpholine rings is 1. The number of nitrogens with one attached hydrogen (secondary N) is 2. The van der Waals surface area contributed by atoms with Crippen molar-refractivity contribution in [3.8, 4) is 11.1 Å². The van der Waals surface area contributed by atoms with Gasteiger partial charge < -0.3 is 15.8 Å². The molecule has 0 aliphatic carbocycles. The van der Waals surface area contributed by atoms with Gasteiger partial charge >= 0.3 is 0 Å². The Morgan fingerprint density at radius 3 is 2.55 bits per heavy atom. The van der Waals surface area contributed by atoms with Crippen molar-refractivity contribution in [1.82, 2.24) is 10.2 Å². The van der Waals surface area contributed by atoms with Gasteiger partial charge in [-0.3, -0.25) is 15.1 Å². The van der Waals surface area contributed by atoms with Gasteiger partial charge in [-0.05, 0) is 73.2 Å². The van der Waals surface area contributed by atoms with Crippen molar-refractivity contribution >= 4 is 44.7 Å². The van der Waals surface area contributed by atoms with Crippen LogP contribution in [0.4, 0.5) is 0 Å². The zero-order valence-electron chi connectivity index (χ0n) is 21.5. The maximum Gasteiger partial charge on any atom is 0.251 e. The number of aryl methyl sites for hydroxylation is 1. The number of rotatable bonds is 10. The average molecular weight is 605 g/mol. The van der Waals surface area contributed by atoms with E-state index in [1.54, 1.807) is 30.5 Å². The third-order valence-corrected chi connectivity index (χ3v) is 10.7. The maximum atomic E-state index is 13.6. The number of thioether (sulfide) groups is 1. The molecule has 0 unspecified atom stereocenters. The minimum Gasteiger partial charge on any atom is -0.383 e. The molecule has 0 radical (unpaired) electrons. The molecule has 1 fully saturated rings. The van der Waals surface area contributed by atoms with Crippen LogP contribution in [0.25, 0.3) is 11.1 Å². The fourth-order valence-electron chi connectivity index (χ4n) is 4.28. The minimum atomic E-state index is -3.84. The molecule has 40 heavy (non-hydrogen) atoms. The van der Waals surface area contributed by atoms with Gasteiger partial charge in [-0.15, -0.1) is 23.1 Å². The molecule has 1 saturated heterocycles. The standard InChI is InChI=1S/C27H32N4O4S3.2CH4/c1-18-7-8-20(26(32)30-9-4-10-31-11-13-35-14-12-31)16-22(18)19-5-3-6-21(15-19)38(33,34)24-17-23(25(28)29)37-27(24)36-2;;/h3,5-8,15-17H,4,9-14H2,1-2H3,(H3,28,29)(H,30,32);2*1H4. The molecule has 2 aromatic carbocycles. The number of ether oxygens (including phenoxy) is 1. The minimum absolute atomic E-state index is 0. The van der Waals surface area contributed by atoms with Crippen LogP contribution >= 0.6 is 23.1 Å². The van der Waals surface area contributed by atoms with E-state index in [1.807, 2.05) is 25.1 Å². The van der Waals surface area contributed by atoms with Crippen molar-refractivity contribution in [3.05, 3.63) is 64.5 Å². The van der Waals surface area contributed by atoms with Crippen LogP contribution in [-0.2, 0) is 14.6 Å². The zero-order valence-corrected chi connectivity index (χ0v) is 23.9. The second-order valence-electron chi connectivity index (χ2n) is 9.00. The fraction of sp³-hybridized carbons (Fsp3) is 0.379. The van der Waals surface area contributed by atoms with E-state index in [0.29, 0.717) is 26.8 Å². The molecular weight excluding hydrogens is 565 g/mol. The predicted molar refractivity (Wildman–Crippen MR) is 167 cm³/mol. The molecule has 1 aliphatic rings. The molecule has 0 atom stereocenters. The number of thiophene rings is 1. The second kappa shape index (κ2) is 14.8. The van der Waals surface area contributed by atoms with E-state index >= 15 is 0 Å². The molecule has 4 rings (SSSR count). The highest BCUT2D eigenvalue weighted by molar-refractivity contribution is 8.01. The van der Waals surface area contributed by atoms with Crippen LogP contribution in [0.3, 0.4) is 0 Å². The van der Waals surface area contributed by atoms with E-state index in [1.165, 1.54) is 29.2 Å². The predicted octanol–water partition coefficient (Wildman–Crippen LogP) is 5.29. The van der Waals surface area contributed by atoms with E-state index in [9.17, 15) is 13.2 Å². The normalized spacial score (nSPS) is 13.7. The van der Waals surface area contributed by atoms with Crippen LogP contribution in [-0.4, -0.2) is 70.7 Å². The molecule has 3 aromatic rings. The van der Waals surface area contributed by atoms with E-state index in [2.05, 4.69) is 10.2 Å². The number of hydrogen-bond acceptors (Lipinski definition) is 8. The van der Waals surface area contributed by atoms with Gasteiger partial charge in [-0.25, -0.2) is 8.42 Å². The summed E-state index contributed by atoms with van der Waals surface area (Å²) in [6.45, 7) is 6.79. The number of nitrogen functional groups attached to an aromatic ring is 1. The molecule has 1 amide bonds. The number of nitrogens with two attached hydrogens (primary N) is 1. The third-order valence-electron chi connectivity index (χ3n) is 6.40. The SMILES string of the molecule is C.C.CSc1sc(C(=N)N)cc1S(=O)(=O)c1cccc(-c2cc(C(=O)NCCCN3CCOCC3)ccc2C)c1. The lowest BCUT2D eigenvalue weighted by atomic mass is 9.98. The number of carbonyl (C=O) groups is 1. The van der Waals surface area contributed by atoms with Crippen molar-refractivity contribution in [1.29, 1.82) is 5.41 Å². The van der Waals surface area contributed by atoms with E-state index in [-0.39, 0.29) is 36.4 Å². The highest BCUT2D eigenvalue weighted by Gasteiger charge is 2.25. The molecule has 1 aliphatic heterocycles. The topological polar surface area (TPSA) is 126 Å². The number of hydrogen-bond donors (Lipinski definition) is 3. The van der Waals surface area contributed by atoms with Gasteiger partial charge in [0.1, 0.15) is 5.84 Å². The summed E-state index contributed by atoms with van der Waals surface area (Å²) >= 11 is 2.51. The quantitative estimate of drug-likeness (QED) is 0.124. The average Bonchev–Trinajstić information content (AvgIpc) is 3.38. The lowest BCUT2D eigenvalue weighted by molar-refractivity contribution is 0.0374. The van der Waals surface area contributed by atoms with Crippen molar-refractivity contribution in [3.63, 3.8) is 0 Å². The molecule has 218 valence electrons. The molecule has 11 heteroatoms. The first-order chi connectivity index (χ1) is 18.2. The molecular formula is C29H40N4O4S3. The van der Waals surface area contributed by atoms with Crippen molar-refractivity contribution in [2.75, 3.05) is 45.6 Å². The largest absolute Gasteiger partial charge is 0.383 e. The van der Waals surface area contributed by atoms with Gasteiger partial charge in [-0.2, -0.15) is 0 Å². The summed E-state index contributed by atoms with van der Waals surface area (Å²) in [5.41, 5.74) is 8.57. The monoisotopic (exact) mass is 604 g/mol. The van der Waals surface area contributed by atoms with Crippen LogP contribution < -0.4 is 11.1 Å². The Labute approximate surface area is 246 Å². The van der Waals surface area contributed by atoms with Crippen molar-refractivity contribution < 1.29 is 17.9 Å². The highest BCUT2D eigenvalue weighted by atomic mass is 32.2. The van der Waals surface area contributed by atoms with Crippen molar-refractivity contribution in [2.45, 2.75) is 42.2 Å². The summed E-state index contributed by atoms with van der Waals surface area (Å²) in [6, 6.07) is 13.7. The summed E-state index contributed by atoms with van der Waals surface area (Å²) < 4.78 is 33.1. The summed E-state index contributed by atoms with van der Waals surface area (Å²) in [5, 5.41) is 10.7. The third kappa shape index (κ3) is 7.73. The first kappa shape index (κ1) is 33.5. The summed E-state index contributed by atoms with van der Waals surface area (Å²) in [6.07, 6.45) is 2.66. The van der Waals surface area contributed by atoms with Gasteiger partial charge in [-0.1, -0.05) is 33.1 Å². The number of carbonyl (C=O) groups excluding carboxylic acids is 1. The van der Waals surface area contributed by atoms with Gasteiger partial charge in [0, 0.05) is 25.2 Å². The smallest absolute Gasteiger partial charge is 0.251 e. The lowest BCUT2D eigenvalue weighted by Crippen LogP contribution is -2.38. The van der Waals surface area contributed by atoms with E-state index < -0.39 is 9.84 Å². The fourth-order valence-corrected chi connectivity index (χ4v) is 8.19. The van der Waals surface area contributed by atoms with E-state index in [0.717, 1.165) is 50.4 Å². The Hall–Kier alpha value is -2.70. The van der Waals surface area contributed by atoms with Gasteiger partial charge in [0.15, 0.2) is 0 Å². The Balaban J connectivity index is 0.00000280. The Bertz CT molecular complexity index is 1430. The molecule has 0 bridgehead atoms. The number of amidine groups is 1. The maximum absolute atomic E-state index is 13.6. The number of benzene rings is 2. The van der Waals surface area contributed by atoms with Crippen molar-refractivity contribution in [2.24, 2.45) is 5.73 Å². The van der Waals surface area contributed by atoms with Crippen LogP contribution in [0.2, 0.25) is 0 Å². The van der Waals surface area contributed by atoms with Gasteiger partial charge in [0.2, 0.25) is 9.84 Å². The molecule has 2 heterocycles. The number of nitrogens with zero attached hydrogens (tertiary/aromatic N) is 1. The van der Waals surface area contributed by atoms with Crippen LogP contribution in [0.1, 0.15) is 42.1 Å². The highest BCUT2D eigenvalue weighted by Crippen LogP contribution is 2.38. The summed E-state index contributed by atoms with van der Waals surface area (Å²) in [7, 11) is -3.84. The number of amides is 1. The van der Waals surface area contributed by atoms with Crippen LogP contribution in [0.15, 0.2) is 62.5 Å². The Kier molecular flexibility index (Phi) is 12.4. The molecule has 1 aromatic heterocycles. The van der Waals surface area contributed by atoms with Crippen LogP contribution in [0.5, 0.6) is 0 Å². The first-order valence-corrected chi connectivity index (χ1v) is 15.8. The van der Waals surface area contributed by atoms with Gasteiger partial charge in [0.05, 0.1) is 32.1 Å². The second-order valence-corrected chi connectivity index (χ2v) is 13.0. The Morgan fingerprint density at radius 1 is 1.15 bits per heavy atom. The molecule has 8 nitrogen and oxygen atoms in total.